The molecule has 7 heteroatoms. The Labute approximate surface area is 163 Å². The molecule has 0 saturated carbocycles. The SMILES string of the molecule is COc1ccc(C(=O)N2CCOCC2)cc1NC(=O)Cc1ccc(Cl)cc1. The number of methoxy groups -OCH3 is 1. The van der Waals surface area contributed by atoms with Crippen molar-refractivity contribution >= 4 is 29.1 Å². The topological polar surface area (TPSA) is 67.9 Å². The molecule has 27 heavy (non-hydrogen) atoms. The lowest BCUT2D eigenvalue weighted by Crippen LogP contribution is -2.40. The van der Waals surface area contributed by atoms with Crippen molar-refractivity contribution in [2.24, 2.45) is 0 Å². The number of carbonyl (C=O) groups excluding carboxylic acids is 2. The molecular formula is C20H21ClN2O4. The van der Waals surface area contributed by atoms with Crippen molar-refractivity contribution in [2.45, 2.75) is 6.42 Å². The molecule has 142 valence electrons. The first-order chi connectivity index (χ1) is 13.1. The Morgan fingerprint density at radius 1 is 1.15 bits per heavy atom. The van der Waals surface area contributed by atoms with Gasteiger partial charge in [-0.1, -0.05) is 23.7 Å². The summed E-state index contributed by atoms with van der Waals surface area (Å²) in [5.41, 5.74) is 1.81. The van der Waals surface area contributed by atoms with Crippen LogP contribution in [0.4, 0.5) is 5.69 Å². The standard InChI is InChI=1S/C20H21ClN2O4/c1-26-18-7-4-15(20(25)23-8-10-27-11-9-23)13-17(18)22-19(24)12-14-2-5-16(21)6-3-14/h2-7,13H,8-12H2,1H3,(H,22,24). The Bertz CT molecular complexity index is 817. The van der Waals surface area contributed by atoms with E-state index in [2.05, 4.69) is 5.32 Å². The van der Waals surface area contributed by atoms with E-state index in [0.717, 1.165) is 5.56 Å². The molecule has 0 aromatic heterocycles. The van der Waals surface area contributed by atoms with Crippen LogP contribution in [0.25, 0.3) is 0 Å². The molecule has 1 N–H and O–H groups in total. The predicted octanol–water partition coefficient (Wildman–Crippen LogP) is 3.00. The van der Waals surface area contributed by atoms with Crippen LogP contribution in [0.15, 0.2) is 42.5 Å². The van der Waals surface area contributed by atoms with E-state index in [1.165, 1.54) is 7.11 Å². The van der Waals surface area contributed by atoms with Gasteiger partial charge in [0.25, 0.3) is 5.91 Å². The number of rotatable bonds is 5. The number of amides is 2. The van der Waals surface area contributed by atoms with Crippen molar-refractivity contribution in [1.82, 2.24) is 4.90 Å². The lowest BCUT2D eigenvalue weighted by atomic mass is 10.1. The molecule has 1 aliphatic rings. The van der Waals surface area contributed by atoms with Gasteiger partial charge in [-0.15, -0.1) is 0 Å². The van der Waals surface area contributed by atoms with Crippen LogP contribution in [-0.2, 0) is 16.0 Å². The van der Waals surface area contributed by atoms with Crippen LogP contribution in [0, 0.1) is 0 Å². The first-order valence-electron chi connectivity index (χ1n) is 8.66. The fraction of sp³-hybridized carbons (Fsp3) is 0.300. The molecule has 0 bridgehead atoms. The van der Waals surface area contributed by atoms with Gasteiger partial charge in [-0.2, -0.15) is 0 Å². The molecule has 6 nitrogen and oxygen atoms in total. The van der Waals surface area contributed by atoms with Crippen LogP contribution < -0.4 is 10.1 Å². The van der Waals surface area contributed by atoms with Gasteiger partial charge in [0, 0.05) is 23.7 Å². The van der Waals surface area contributed by atoms with E-state index in [0.29, 0.717) is 48.3 Å². The van der Waals surface area contributed by atoms with Crippen LogP contribution in [0.1, 0.15) is 15.9 Å². The molecule has 2 amide bonds. The van der Waals surface area contributed by atoms with Crippen molar-refractivity contribution in [3.05, 3.63) is 58.6 Å². The molecule has 0 spiro atoms. The molecule has 1 heterocycles. The number of morpholine rings is 1. The normalized spacial score (nSPS) is 13.9. The van der Waals surface area contributed by atoms with Gasteiger partial charge < -0.3 is 19.7 Å². The van der Waals surface area contributed by atoms with Crippen molar-refractivity contribution in [1.29, 1.82) is 0 Å². The Morgan fingerprint density at radius 2 is 1.85 bits per heavy atom. The lowest BCUT2D eigenvalue weighted by molar-refractivity contribution is -0.115. The summed E-state index contributed by atoms with van der Waals surface area (Å²) in [6, 6.07) is 12.1. The van der Waals surface area contributed by atoms with E-state index in [1.54, 1.807) is 47.4 Å². The first kappa shape index (κ1) is 19.2. The van der Waals surface area contributed by atoms with Crippen molar-refractivity contribution in [3.63, 3.8) is 0 Å². The number of anilines is 1. The molecule has 0 aliphatic carbocycles. The molecule has 2 aromatic rings. The van der Waals surface area contributed by atoms with Crippen LogP contribution >= 0.6 is 11.6 Å². The average molecular weight is 389 g/mol. The van der Waals surface area contributed by atoms with Crippen LogP contribution in [0.2, 0.25) is 5.02 Å². The summed E-state index contributed by atoms with van der Waals surface area (Å²) in [7, 11) is 1.52. The molecule has 1 saturated heterocycles. The van der Waals surface area contributed by atoms with Gasteiger partial charge in [0.15, 0.2) is 0 Å². The van der Waals surface area contributed by atoms with Crippen LogP contribution in [0.3, 0.4) is 0 Å². The molecule has 0 unspecified atom stereocenters. The maximum atomic E-state index is 12.7. The fourth-order valence-electron chi connectivity index (χ4n) is 2.87. The second-order valence-electron chi connectivity index (χ2n) is 6.17. The van der Waals surface area contributed by atoms with Gasteiger partial charge in [0.1, 0.15) is 5.75 Å². The van der Waals surface area contributed by atoms with E-state index in [-0.39, 0.29) is 18.2 Å². The Morgan fingerprint density at radius 3 is 2.52 bits per heavy atom. The zero-order valence-corrected chi connectivity index (χ0v) is 15.8. The Balaban J connectivity index is 1.73. The number of carbonyl (C=O) groups is 2. The number of benzene rings is 2. The second-order valence-corrected chi connectivity index (χ2v) is 6.61. The zero-order chi connectivity index (χ0) is 19.2. The van der Waals surface area contributed by atoms with Crippen molar-refractivity contribution in [2.75, 3.05) is 38.7 Å². The summed E-state index contributed by atoms with van der Waals surface area (Å²) in [4.78, 5) is 26.8. The molecule has 2 aromatic carbocycles. The Hall–Kier alpha value is -2.57. The molecular weight excluding hydrogens is 368 g/mol. The highest BCUT2D eigenvalue weighted by molar-refractivity contribution is 6.30. The third kappa shape index (κ3) is 4.99. The van der Waals surface area contributed by atoms with Gasteiger partial charge >= 0.3 is 0 Å². The summed E-state index contributed by atoms with van der Waals surface area (Å²) in [6.07, 6.45) is 0.196. The quantitative estimate of drug-likeness (QED) is 0.855. The highest BCUT2D eigenvalue weighted by Crippen LogP contribution is 2.26. The Kier molecular flexibility index (Phi) is 6.32. The number of nitrogens with zero attached hydrogens (tertiary/aromatic N) is 1. The third-order valence-electron chi connectivity index (χ3n) is 4.30. The number of hydrogen-bond acceptors (Lipinski definition) is 4. The summed E-state index contributed by atoms with van der Waals surface area (Å²) in [5, 5.41) is 3.45. The number of ether oxygens (including phenoxy) is 2. The number of halogens is 1. The van der Waals surface area contributed by atoms with E-state index < -0.39 is 0 Å². The molecule has 1 fully saturated rings. The zero-order valence-electron chi connectivity index (χ0n) is 15.0. The van der Waals surface area contributed by atoms with Gasteiger partial charge in [-0.25, -0.2) is 0 Å². The van der Waals surface area contributed by atoms with Gasteiger partial charge in [-0.3, -0.25) is 9.59 Å². The minimum atomic E-state index is -0.202. The smallest absolute Gasteiger partial charge is 0.254 e. The molecule has 3 rings (SSSR count). The highest BCUT2D eigenvalue weighted by Gasteiger charge is 2.20. The van der Waals surface area contributed by atoms with Crippen LogP contribution in [0.5, 0.6) is 5.75 Å². The minimum Gasteiger partial charge on any atom is -0.495 e. The predicted molar refractivity (Wildman–Crippen MR) is 104 cm³/mol. The van der Waals surface area contributed by atoms with E-state index in [1.807, 2.05) is 0 Å². The molecule has 0 radical (unpaired) electrons. The number of nitrogens with one attached hydrogen (secondary N) is 1. The fourth-order valence-corrected chi connectivity index (χ4v) is 3.00. The van der Waals surface area contributed by atoms with Gasteiger partial charge in [0.05, 0.1) is 32.4 Å². The van der Waals surface area contributed by atoms with E-state index in [9.17, 15) is 9.59 Å². The van der Waals surface area contributed by atoms with Crippen LogP contribution in [-0.4, -0.2) is 50.1 Å². The summed E-state index contributed by atoms with van der Waals surface area (Å²) < 4.78 is 10.6. The van der Waals surface area contributed by atoms with Crippen molar-refractivity contribution < 1.29 is 19.1 Å². The highest BCUT2D eigenvalue weighted by atomic mass is 35.5. The summed E-state index contributed by atoms with van der Waals surface area (Å²) >= 11 is 5.87. The van der Waals surface area contributed by atoms with Gasteiger partial charge in [0.2, 0.25) is 5.91 Å². The largest absolute Gasteiger partial charge is 0.495 e. The average Bonchev–Trinajstić information content (AvgIpc) is 2.70. The monoisotopic (exact) mass is 388 g/mol. The minimum absolute atomic E-state index is 0.0887. The van der Waals surface area contributed by atoms with E-state index in [4.69, 9.17) is 21.1 Å². The summed E-state index contributed by atoms with van der Waals surface area (Å²) in [5.74, 6) is 0.207. The van der Waals surface area contributed by atoms with E-state index >= 15 is 0 Å². The lowest BCUT2D eigenvalue weighted by Gasteiger charge is -2.27. The summed E-state index contributed by atoms with van der Waals surface area (Å²) in [6.45, 7) is 2.19. The van der Waals surface area contributed by atoms with Gasteiger partial charge in [-0.05, 0) is 35.9 Å². The molecule has 1 aliphatic heterocycles. The maximum Gasteiger partial charge on any atom is 0.254 e. The molecule has 0 atom stereocenters. The van der Waals surface area contributed by atoms with Crippen molar-refractivity contribution in [3.8, 4) is 5.75 Å². The second kappa shape index (κ2) is 8.88. The first-order valence-corrected chi connectivity index (χ1v) is 9.04. The third-order valence-corrected chi connectivity index (χ3v) is 4.55. The number of hydrogen-bond donors (Lipinski definition) is 1. The maximum absolute atomic E-state index is 12.7.